The summed E-state index contributed by atoms with van der Waals surface area (Å²) in [6.07, 6.45) is 0. The molecule has 0 heterocycles. The first kappa shape index (κ1) is 9.13. The van der Waals surface area contributed by atoms with Gasteiger partial charge < -0.3 is 4.74 Å². The van der Waals surface area contributed by atoms with Crippen LogP contribution in [0.2, 0.25) is 5.02 Å². The predicted octanol–water partition coefficient (Wildman–Crippen LogP) is 3.34. The molecule has 0 aromatic heterocycles. The van der Waals surface area contributed by atoms with E-state index in [0.717, 1.165) is 14.3 Å². The summed E-state index contributed by atoms with van der Waals surface area (Å²) in [7, 11) is 0. The molecule has 0 radical (unpaired) electrons. The van der Waals surface area contributed by atoms with Crippen molar-refractivity contribution < 1.29 is 4.74 Å². The van der Waals surface area contributed by atoms with Crippen LogP contribution in [0.5, 0.6) is 5.75 Å². The molecule has 0 aliphatic heterocycles. The monoisotopic (exact) mass is 282 g/mol. The van der Waals surface area contributed by atoms with Crippen LogP contribution in [0.25, 0.3) is 0 Å². The molecule has 0 unspecified atom stereocenters. The Balaban J connectivity index is 2.96. The molecule has 0 N–H and O–H groups in total. The van der Waals surface area contributed by atoms with Crippen LogP contribution in [0.3, 0.4) is 0 Å². The van der Waals surface area contributed by atoms with E-state index in [1.807, 2.05) is 25.1 Å². The molecule has 1 rings (SSSR count). The minimum atomic E-state index is 0.677. The first-order valence-electron chi connectivity index (χ1n) is 3.32. The number of hydrogen-bond acceptors (Lipinski definition) is 1. The highest BCUT2D eigenvalue weighted by atomic mass is 127. The van der Waals surface area contributed by atoms with Crippen molar-refractivity contribution in [3.8, 4) is 5.75 Å². The van der Waals surface area contributed by atoms with E-state index in [9.17, 15) is 0 Å². The van der Waals surface area contributed by atoms with Crippen molar-refractivity contribution in [1.29, 1.82) is 0 Å². The Morgan fingerprint density at radius 1 is 1.55 bits per heavy atom. The molecule has 0 aliphatic carbocycles. The van der Waals surface area contributed by atoms with Gasteiger partial charge in [0.15, 0.2) is 0 Å². The van der Waals surface area contributed by atoms with E-state index in [2.05, 4.69) is 22.6 Å². The van der Waals surface area contributed by atoms with Crippen LogP contribution < -0.4 is 4.74 Å². The maximum absolute atomic E-state index is 5.86. The quantitative estimate of drug-likeness (QED) is 0.756. The summed E-state index contributed by atoms with van der Waals surface area (Å²) < 4.78 is 6.31. The second-order valence-corrected chi connectivity index (χ2v) is 3.47. The predicted molar refractivity (Wildman–Crippen MR) is 55.3 cm³/mol. The number of halogens is 2. The highest BCUT2D eigenvalue weighted by Gasteiger charge is 2.02. The lowest BCUT2D eigenvalue weighted by atomic mass is 10.3. The smallest absolute Gasteiger partial charge is 0.134 e. The van der Waals surface area contributed by atoms with Gasteiger partial charge in [-0.3, -0.25) is 0 Å². The SMILES string of the molecule is CCOc1cccc(Cl)c1I. The van der Waals surface area contributed by atoms with Gasteiger partial charge in [0.05, 0.1) is 15.2 Å². The van der Waals surface area contributed by atoms with Crippen LogP contribution in [-0.4, -0.2) is 6.61 Å². The molecule has 0 amide bonds. The van der Waals surface area contributed by atoms with E-state index in [-0.39, 0.29) is 0 Å². The van der Waals surface area contributed by atoms with Crippen LogP contribution >= 0.6 is 34.2 Å². The summed E-state index contributed by atoms with van der Waals surface area (Å²) in [4.78, 5) is 0. The normalized spacial score (nSPS) is 9.73. The topological polar surface area (TPSA) is 9.23 Å². The van der Waals surface area contributed by atoms with Gasteiger partial charge in [0, 0.05) is 0 Å². The Morgan fingerprint density at radius 2 is 2.27 bits per heavy atom. The third kappa shape index (κ3) is 2.24. The Bertz CT molecular complexity index is 250. The van der Waals surface area contributed by atoms with E-state index in [0.29, 0.717) is 6.61 Å². The maximum Gasteiger partial charge on any atom is 0.134 e. The standard InChI is InChI=1S/C8H8ClIO/c1-2-11-7-5-3-4-6(9)8(7)10/h3-5H,2H2,1H3. The Kier molecular flexibility index (Phi) is 3.45. The van der Waals surface area contributed by atoms with Crippen LogP contribution in [0.1, 0.15) is 6.92 Å². The minimum absolute atomic E-state index is 0.677. The van der Waals surface area contributed by atoms with Gasteiger partial charge >= 0.3 is 0 Å². The van der Waals surface area contributed by atoms with Gasteiger partial charge in [0.2, 0.25) is 0 Å². The molecule has 1 aromatic carbocycles. The zero-order valence-corrected chi connectivity index (χ0v) is 9.02. The Labute approximate surface area is 84.8 Å². The van der Waals surface area contributed by atoms with Crippen molar-refractivity contribution in [2.24, 2.45) is 0 Å². The van der Waals surface area contributed by atoms with Gasteiger partial charge in [-0.05, 0) is 41.6 Å². The van der Waals surface area contributed by atoms with Gasteiger partial charge in [0.25, 0.3) is 0 Å². The van der Waals surface area contributed by atoms with E-state index in [4.69, 9.17) is 16.3 Å². The minimum Gasteiger partial charge on any atom is -0.493 e. The Hall–Kier alpha value is 0.0400. The zero-order valence-electron chi connectivity index (χ0n) is 6.10. The fourth-order valence-corrected chi connectivity index (χ4v) is 1.43. The average molecular weight is 283 g/mol. The molecular formula is C8H8ClIO. The van der Waals surface area contributed by atoms with Gasteiger partial charge in [-0.15, -0.1) is 0 Å². The molecule has 1 nitrogen and oxygen atoms in total. The molecule has 60 valence electrons. The van der Waals surface area contributed by atoms with E-state index >= 15 is 0 Å². The van der Waals surface area contributed by atoms with Crippen molar-refractivity contribution in [3.05, 3.63) is 26.8 Å². The average Bonchev–Trinajstić information content (AvgIpc) is 1.99. The highest BCUT2D eigenvalue weighted by molar-refractivity contribution is 14.1. The molecule has 11 heavy (non-hydrogen) atoms. The molecular weight excluding hydrogens is 274 g/mol. The third-order valence-electron chi connectivity index (χ3n) is 1.22. The second kappa shape index (κ2) is 4.16. The van der Waals surface area contributed by atoms with Crippen molar-refractivity contribution in [2.45, 2.75) is 6.92 Å². The summed E-state index contributed by atoms with van der Waals surface area (Å²) in [5.41, 5.74) is 0. The fraction of sp³-hybridized carbons (Fsp3) is 0.250. The first-order valence-corrected chi connectivity index (χ1v) is 4.78. The first-order chi connectivity index (χ1) is 5.25. The number of rotatable bonds is 2. The lowest BCUT2D eigenvalue weighted by Crippen LogP contribution is -1.93. The second-order valence-electron chi connectivity index (χ2n) is 1.98. The molecule has 1 aromatic rings. The maximum atomic E-state index is 5.86. The summed E-state index contributed by atoms with van der Waals surface area (Å²) in [6, 6.07) is 5.65. The van der Waals surface area contributed by atoms with E-state index < -0.39 is 0 Å². The molecule has 0 aliphatic rings. The number of ether oxygens (including phenoxy) is 1. The molecule has 0 bridgehead atoms. The van der Waals surface area contributed by atoms with Crippen molar-refractivity contribution >= 4 is 34.2 Å². The summed E-state index contributed by atoms with van der Waals surface area (Å²) >= 11 is 8.03. The molecule has 0 atom stereocenters. The number of benzene rings is 1. The van der Waals surface area contributed by atoms with Crippen molar-refractivity contribution in [1.82, 2.24) is 0 Å². The fourth-order valence-electron chi connectivity index (χ4n) is 0.751. The van der Waals surface area contributed by atoms with Gasteiger partial charge in [-0.25, -0.2) is 0 Å². The summed E-state index contributed by atoms with van der Waals surface area (Å²) in [5.74, 6) is 0.862. The van der Waals surface area contributed by atoms with Crippen LogP contribution in [0.4, 0.5) is 0 Å². The highest BCUT2D eigenvalue weighted by Crippen LogP contribution is 2.27. The lowest BCUT2D eigenvalue weighted by molar-refractivity contribution is 0.338. The van der Waals surface area contributed by atoms with Crippen molar-refractivity contribution in [2.75, 3.05) is 6.61 Å². The van der Waals surface area contributed by atoms with E-state index in [1.165, 1.54) is 0 Å². The lowest BCUT2D eigenvalue weighted by Gasteiger charge is -2.05. The molecule has 3 heteroatoms. The van der Waals surface area contributed by atoms with Gasteiger partial charge in [0.1, 0.15) is 5.75 Å². The zero-order chi connectivity index (χ0) is 8.27. The number of hydrogen-bond donors (Lipinski definition) is 0. The van der Waals surface area contributed by atoms with Gasteiger partial charge in [-0.2, -0.15) is 0 Å². The molecule has 0 saturated carbocycles. The molecule has 0 spiro atoms. The van der Waals surface area contributed by atoms with E-state index in [1.54, 1.807) is 0 Å². The largest absolute Gasteiger partial charge is 0.493 e. The molecule has 0 fully saturated rings. The van der Waals surface area contributed by atoms with Crippen molar-refractivity contribution in [3.63, 3.8) is 0 Å². The van der Waals surface area contributed by atoms with Crippen LogP contribution in [0, 0.1) is 3.57 Å². The van der Waals surface area contributed by atoms with Gasteiger partial charge in [-0.1, -0.05) is 17.7 Å². The van der Waals surface area contributed by atoms with Crippen LogP contribution in [-0.2, 0) is 0 Å². The van der Waals surface area contributed by atoms with Crippen LogP contribution in [0.15, 0.2) is 18.2 Å². The Morgan fingerprint density at radius 3 is 2.91 bits per heavy atom. The molecule has 0 saturated heterocycles. The summed E-state index contributed by atoms with van der Waals surface area (Å²) in [5, 5.41) is 0.747. The summed E-state index contributed by atoms with van der Waals surface area (Å²) in [6.45, 7) is 2.63. The third-order valence-corrected chi connectivity index (χ3v) is 2.96.